The Kier molecular flexibility index (Phi) is 4.40. The molecule has 0 saturated heterocycles. The summed E-state index contributed by atoms with van der Waals surface area (Å²) in [5.41, 5.74) is 2.87. The molecule has 1 aromatic heterocycles. The summed E-state index contributed by atoms with van der Waals surface area (Å²) < 4.78 is 6.79. The molecule has 2 saturated carbocycles. The first-order chi connectivity index (χ1) is 11.3. The summed E-state index contributed by atoms with van der Waals surface area (Å²) in [7, 11) is 3.32. The van der Waals surface area contributed by atoms with Crippen molar-refractivity contribution in [2.75, 3.05) is 7.11 Å². The smallest absolute Gasteiger partial charge is 0.311 e. The van der Waals surface area contributed by atoms with Crippen LogP contribution in [0.5, 0.6) is 0 Å². The maximum Gasteiger partial charge on any atom is 0.311 e. The monoisotopic (exact) mass is 333 g/mol. The van der Waals surface area contributed by atoms with Crippen LogP contribution >= 0.6 is 0 Å². The normalized spacial score (nSPS) is 29.5. The molecule has 0 aliphatic heterocycles. The second-order valence-corrected chi connectivity index (χ2v) is 7.35. The van der Waals surface area contributed by atoms with Crippen molar-refractivity contribution in [1.82, 2.24) is 15.1 Å². The van der Waals surface area contributed by atoms with Gasteiger partial charge in [0.15, 0.2) is 0 Å². The minimum atomic E-state index is -0.281. The molecule has 0 aromatic carbocycles. The molecule has 24 heavy (non-hydrogen) atoms. The number of amides is 1. The Morgan fingerprint density at radius 1 is 1.29 bits per heavy atom. The Labute approximate surface area is 142 Å². The van der Waals surface area contributed by atoms with Gasteiger partial charge in [-0.05, 0) is 51.9 Å². The summed E-state index contributed by atoms with van der Waals surface area (Å²) >= 11 is 0. The maximum absolute atomic E-state index is 12.8. The average molecular weight is 333 g/mol. The Hall–Kier alpha value is -1.85. The van der Waals surface area contributed by atoms with E-state index in [1.54, 1.807) is 0 Å². The van der Waals surface area contributed by atoms with Gasteiger partial charge in [0.05, 0.1) is 24.6 Å². The molecule has 2 aliphatic carbocycles. The molecule has 6 heteroatoms. The molecule has 6 nitrogen and oxygen atoms in total. The molecule has 1 heterocycles. The zero-order chi connectivity index (χ0) is 17.6. The van der Waals surface area contributed by atoms with Crippen LogP contribution in [0.25, 0.3) is 0 Å². The third kappa shape index (κ3) is 2.62. The molecule has 0 radical (unpaired) electrons. The first-order valence-electron chi connectivity index (χ1n) is 8.73. The molecule has 1 aromatic rings. The first kappa shape index (κ1) is 17.0. The summed E-state index contributed by atoms with van der Waals surface area (Å²) in [6.45, 7) is 5.82. The second kappa shape index (κ2) is 6.22. The molecule has 0 spiro atoms. The minimum Gasteiger partial charge on any atom is -0.469 e. The Balaban J connectivity index is 1.77. The van der Waals surface area contributed by atoms with Gasteiger partial charge >= 0.3 is 5.97 Å². The molecule has 0 unspecified atom stereocenters. The summed E-state index contributed by atoms with van der Waals surface area (Å²) in [6.07, 6.45) is 3.17. The fourth-order valence-electron chi connectivity index (χ4n) is 4.81. The maximum atomic E-state index is 12.8. The van der Waals surface area contributed by atoms with E-state index in [2.05, 4.69) is 10.4 Å². The molecule has 1 amide bonds. The molecular formula is C18H27N3O3. The van der Waals surface area contributed by atoms with E-state index in [0.717, 1.165) is 36.2 Å². The summed E-state index contributed by atoms with van der Waals surface area (Å²) in [5, 5.41) is 7.56. The number of hydrogen-bond donors (Lipinski definition) is 1. The van der Waals surface area contributed by atoms with Crippen molar-refractivity contribution in [2.24, 2.45) is 24.8 Å². The fourth-order valence-corrected chi connectivity index (χ4v) is 4.81. The van der Waals surface area contributed by atoms with Gasteiger partial charge < -0.3 is 10.1 Å². The van der Waals surface area contributed by atoms with E-state index >= 15 is 0 Å². The Morgan fingerprint density at radius 2 is 1.96 bits per heavy atom. The molecule has 5 atom stereocenters. The quantitative estimate of drug-likeness (QED) is 0.854. The fraction of sp³-hybridized carbons (Fsp3) is 0.722. The third-order valence-electron chi connectivity index (χ3n) is 6.09. The van der Waals surface area contributed by atoms with Gasteiger partial charge in [-0.15, -0.1) is 0 Å². The van der Waals surface area contributed by atoms with Crippen LogP contribution in [0.4, 0.5) is 0 Å². The largest absolute Gasteiger partial charge is 0.469 e. The van der Waals surface area contributed by atoms with Gasteiger partial charge in [0.2, 0.25) is 5.91 Å². The lowest BCUT2D eigenvalue weighted by atomic mass is 9.84. The van der Waals surface area contributed by atoms with Gasteiger partial charge in [0, 0.05) is 24.3 Å². The lowest BCUT2D eigenvalue weighted by molar-refractivity contribution is -0.148. The number of methoxy groups -OCH3 is 1. The number of aryl methyl sites for hydroxylation is 2. The predicted octanol–water partition coefficient (Wildman–Crippen LogP) is 1.84. The first-order valence-corrected chi connectivity index (χ1v) is 8.73. The number of rotatable bonds is 4. The summed E-state index contributed by atoms with van der Waals surface area (Å²) in [5.74, 6) is 0.0583. The van der Waals surface area contributed by atoms with Crippen LogP contribution in [0, 0.1) is 31.6 Å². The average Bonchev–Trinajstić information content (AvgIpc) is 3.21. The van der Waals surface area contributed by atoms with E-state index in [1.807, 2.05) is 32.5 Å². The van der Waals surface area contributed by atoms with Crippen molar-refractivity contribution < 1.29 is 14.3 Å². The molecule has 2 fully saturated rings. The minimum absolute atomic E-state index is 0.0272. The van der Waals surface area contributed by atoms with Crippen LogP contribution < -0.4 is 5.32 Å². The van der Waals surface area contributed by atoms with E-state index in [0.29, 0.717) is 11.8 Å². The number of aromatic nitrogens is 2. The van der Waals surface area contributed by atoms with E-state index < -0.39 is 0 Å². The SMILES string of the molecule is COC(=O)[C@@H]1[C@H]2CC[C@@H](C2)[C@@H]1NC(=O)[C@H](C)c1c(C)nn(C)c1C. The number of carbonyl (C=O) groups excluding carboxylic acids is 2. The van der Waals surface area contributed by atoms with Crippen LogP contribution in [-0.4, -0.2) is 34.8 Å². The predicted molar refractivity (Wildman–Crippen MR) is 89.4 cm³/mol. The van der Waals surface area contributed by atoms with Crippen LogP contribution in [0.15, 0.2) is 0 Å². The van der Waals surface area contributed by atoms with E-state index in [4.69, 9.17) is 4.74 Å². The van der Waals surface area contributed by atoms with Crippen molar-refractivity contribution >= 4 is 11.9 Å². The highest BCUT2D eigenvalue weighted by molar-refractivity contribution is 5.85. The molecule has 2 aliphatic rings. The number of esters is 1. The van der Waals surface area contributed by atoms with Crippen molar-refractivity contribution in [3.05, 3.63) is 17.0 Å². The number of fused-ring (bicyclic) bond motifs is 2. The Morgan fingerprint density at radius 3 is 2.54 bits per heavy atom. The highest BCUT2D eigenvalue weighted by Gasteiger charge is 2.52. The van der Waals surface area contributed by atoms with Gasteiger partial charge in [-0.3, -0.25) is 14.3 Å². The van der Waals surface area contributed by atoms with E-state index in [-0.39, 0.29) is 29.8 Å². The third-order valence-corrected chi connectivity index (χ3v) is 6.09. The molecule has 2 bridgehead atoms. The van der Waals surface area contributed by atoms with Crippen molar-refractivity contribution in [2.45, 2.75) is 52.0 Å². The number of hydrogen-bond acceptors (Lipinski definition) is 4. The van der Waals surface area contributed by atoms with E-state index in [9.17, 15) is 9.59 Å². The van der Waals surface area contributed by atoms with E-state index in [1.165, 1.54) is 7.11 Å². The zero-order valence-electron chi connectivity index (χ0n) is 15.1. The van der Waals surface area contributed by atoms with Gasteiger partial charge in [0.25, 0.3) is 0 Å². The highest BCUT2D eigenvalue weighted by atomic mass is 16.5. The molecule has 132 valence electrons. The van der Waals surface area contributed by atoms with Gasteiger partial charge in [-0.2, -0.15) is 5.10 Å². The molecule has 1 N–H and O–H groups in total. The summed E-state index contributed by atoms with van der Waals surface area (Å²) in [4.78, 5) is 25.0. The van der Waals surface area contributed by atoms with Crippen molar-refractivity contribution in [1.29, 1.82) is 0 Å². The number of nitrogens with zero attached hydrogens (tertiary/aromatic N) is 2. The van der Waals surface area contributed by atoms with Crippen LogP contribution in [0.2, 0.25) is 0 Å². The molecule has 3 rings (SSSR count). The lowest BCUT2D eigenvalue weighted by Crippen LogP contribution is -2.48. The van der Waals surface area contributed by atoms with Crippen LogP contribution in [-0.2, 0) is 21.4 Å². The lowest BCUT2D eigenvalue weighted by Gasteiger charge is -2.30. The van der Waals surface area contributed by atoms with Gasteiger partial charge in [0.1, 0.15) is 0 Å². The van der Waals surface area contributed by atoms with Crippen LogP contribution in [0.1, 0.15) is 49.1 Å². The topological polar surface area (TPSA) is 73.2 Å². The van der Waals surface area contributed by atoms with Crippen LogP contribution in [0.3, 0.4) is 0 Å². The molecular weight excluding hydrogens is 306 g/mol. The Bertz CT molecular complexity index is 667. The number of ether oxygens (including phenoxy) is 1. The van der Waals surface area contributed by atoms with Crippen molar-refractivity contribution in [3.8, 4) is 0 Å². The summed E-state index contributed by atoms with van der Waals surface area (Å²) in [6, 6.07) is -0.0940. The highest BCUT2D eigenvalue weighted by Crippen LogP contribution is 2.49. The van der Waals surface area contributed by atoms with Gasteiger partial charge in [-0.25, -0.2) is 0 Å². The van der Waals surface area contributed by atoms with Gasteiger partial charge in [-0.1, -0.05) is 0 Å². The zero-order valence-corrected chi connectivity index (χ0v) is 15.1. The second-order valence-electron chi connectivity index (χ2n) is 7.35. The van der Waals surface area contributed by atoms with Crippen molar-refractivity contribution in [3.63, 3.8) is 0 Å². The number of nitrogens with one attached hydrogen (secondary N) is 1. The standard InChI is InChI=1S/C18H27N3O3/c1-9(14-10(2)20-21(4)11(14)3)17(22)19-16-13-7-6-12(8-13)15(16)18(23)24-5/h9,12-13,15-16H,6-8H2,1-5H3,(H,19,22)/t9-,12+,13+,15-,16+/m1/s1. The number of carbonyl (C=O) groups is 2.